The number of nitrogens with one attached hydrogen (secondary N) is 1. The molecular weight excluding hydrogens is 304 g/mol. The maximum absolute atomic E-state index is 12.5. The van der Waals surface area contributed by atoms with E-state index in [1.807, 2.05) is 29.3 Å². The molecule has 24 heavy (non-hydrogen) atoms. The largest absolute Gasteiger partial charge is 0.379 e. The molecule has 2 heterocycles. The number of nitrogens with zero attached hydrogens (tertiary/aromatic N) is 3. The highest BCUT2D eigenvalue weighted by Gasteiger charge is 2.26. The first-order chi connectivity index (χ1) is 11.4. The van der Waals surface area contributed by atoms with E-state index >= 15 is 0 Å². The van der Waals surface area contributed by atoms with E-state index in [0.717, 1.165) is 31.9 Å². The highest BCUT2D eigenvalue weighted by atomic mass is 16.5. The average Bonchev–Trinajstić information content (AvgIpc) is 2.81. The number of urea groups is 1. The molecule has 2 amide bonds. The zero-order valence-corrected chi connectivity index (χ0v) is 15.3. The number of pyridine rings is 1. The molecule has 0 aromatic carbocycles. The van der Waals surface area contributed by atoms with Gasteiger partial charge in [0.25, 0.3) is 0 Å². The number of amides is 2. The maximum atomic E-state index is 12.5. The molecule has 1 aromatic heterocycles. The summed E-state index contributed by atoms with van der Waals surface area (Å²) in [4.78, 5) is 21.0. The van der Waals surface area contributed by atoms with Gasteiger partial charge in [-0.2, -0.15) is 0 Å². The summed E-state index contributed by atoms with van der Waals surface area (Å²) >= 11 is 0. The van der Waals surface area contributed by atoms with Crippen LogP contribution in [0, 0.1) is 5.41 Å². The van der Waals surface area contributed by atoms with Crippen LogP contribution < -0.4 is 10.2 Å². The zero-order valence-electron chi connectivity index (χ0n) is 15.3. The predicted molar refractivity (Wildman–Crippen MR) is 96.3 cm³/mol. The third-order valence-corrected chi connectivity index (χ3v) is 4.45. The van der Waals surface area contributed by atoms with Crippen LogP contribution in [0.3, 0.4) is 0 Å². The Morgan fingerprint density at radius 2 is 2.08 bits per heavy atom. The Hall–Kier alpha value is -1.82. The predicted octanol–water partition coefficient (Wildman–Crippen LogP) is 2.36. The summed E-state index contributed by atoms with van der Waals surface area (Å²) < 4.78 is 5.50. The van der Waals surface area contributed by atoms with Crippen molar-refractivity contribution < 1.29 is 9.53 Å². The van der Waals surface area contributed by atoms with Crippen LogP contribution in [-0.2, 0) is 4.74 Å². The van der Waals surface area contributed by atoms with Crippen molar-refractivity contribution in [1.29, 1.82) is 0 Å². The number of hydrogen-bond donors (Lipinski definition) is 1. The van der Waals surface area contributed by atoms with Gasteiger partial charge in [-0.3, -0.25) is 0 Å². The molecule has 2 rings (SSSR count). The Kier molecular flexibility index (Phi) is 6.43. The van der Waals surface area contributed by atoms with Crippen molar-refractivity contribution in [2.24, 2.45) is 5.41 Å². The molecule has 134 valence electrons. The highest BCUT2D eigenvalue weighted by molar-refractivity contribution is 5.74. The molecule has 0 spiro atoms. The molecule has 1 atom stereocenters. The Balaban J connectivity index is 1.86. The minimum absolute atomic E-state index is 0.00144. The second-order valence-electron chi connectivity index (χ2n) is 7.29. The standard InChI is InChI=1S/C18H30N4O2/c1-18(2,3)15(24-4)14-20-17(23)22-11-7-10-21(12-13-22)16-8-5-6-9-19-16/h5-6,8-9,15H,7,10-14H2,1-4H3,(H,20,23)/t15-/m1/s1. The summed E-state index contributed by atoms with van der Waals surface area (Å²) in [6, 6.07) is 5.92. The smallest absolute Gasteiger partial charge is 0.317 e. The molecule has 1 saturated heterocycles. The number of methoxy groups -OCH3 is 1. The van der Waals surface area contributed by atoms with E-state index < -0.39 is 0 Å². The van der Waals surface area contributed by atoms with Gasteiger partial charge in [0, 0.05) is 46.0 Å². The third-order valence-electron chi connectivity index (χ3n) is 4.45. The molecule has 1 N–H and O–H groups in total. The maximum Gasteiger partial charge on any atom is 0.317 e. The molecule has 0 unspecified atom stereocenters. The number of carbonyl (C=O) groups is 1. The minimum Gasteiger partial charge on any atom is -0.379 e. The first-order valence-corrected chi connectivity index (χ1v) is 8.63. The molecule has 6 nitrogen and oxygen atoms in total. The number of anilines is 1. The van der Waals surface area contributed by atoms with Crippen LogP contribution in [-0.4, -0.2) is 61.9 Å². The normalized spacial score (nSPS) is 17.3. The molecule has 1 aliphatic rings. The lowest BCUT2D eigenvalue weighted by atomic mass is 9.89. The monoisotopic (exact) mass is 334 g/mol. The van der Waals surface area contributed by atoms with E-state index in [1.165, 1.54) is 0 Å². The fourth-order valence-electron chi connectivity index (χ4n) is 2.93. The summed E-state index contributed by atoms with van der Waals surface area (Å²) in [5, 5.41) is 3.02. The molecular formula is C18H30N4O2. The van der Waals surface area contributed by atoms with Crippen LogP contribution in [0.25, 0.3) is 0 Å². The topological polar surface area (TPSA) is 57.7 Å². The van der Waals surface area contributed by atoms with Gasteiger partial charge in [-0.1, -0.05) is 26.8 Å². The number of carbonyl (C=O) groups excluding carboxylic acids is 1. The van der Waals surface area contributed by atoms with Crippen molar-refractivity contribution in [2.75, 3.05) is 44.7 Å². The van der Waals surface area contributed by atoms with Gasteiger partial charge in [-0.05, 0) is 24.0 Å². The van der Waals surface area contributed by atoms with E-state index in [2.05, 4.69) is 36.0 Å². The second-order valence-corrected chi connectivity index (χ2v) is 7.29. The lowest BCUT2D eigenvalue weighted by Gasteiger charge is -2.30. The number of ether oxygens (including phenoxy) is 1. The molecule has 0 saturated carbocycles. The fraction of sp³-hybridized carbons (Fsp3) is 0.667. The SMILES string of the molecule is CO[C@H](CNC(=O)N1CCCN(c2ccccn2)CC1)C(C)(C)C. The quantitative estimate of drug-likeness (QED) is 0.918. The Labute approximate surface area is 145 Å². The van der Waals surface area contributed by atoms with Gasteiger partial charge in [0.05, 0.1) is 6.10 Å². The molecule has 0 bridgehead atoms. The van der Waals surface area contributed by atoms with Crippen LogP contribution in [0.1, 0.15) is 27.2 Å². The van der Waals surface area contributed by atoms with Crippen LogP contribution in [0.15, 0.2) is 24.4 Å². The van der Waals surface area contributed by atoms with Crippen molar-refractivity contribution >= 4 is 11.8 Å². The van der Waals surface area contributed by atoms with Gasteiger partial charge in [-0.25, -0.2) is 9.78 Å². The van der Waals surface area contributed by atoms with E-state index in [9.17, 15) is 4.79 Å². The molecule has 1 fully saturated rings. The second kappa shape index (κ2) is 8.33. The van der Waals surface area contributed by atoms with Crippen molar-refractivity contribution in [1.82, 2.24) is 15.2 Å². The Morgan fingerprint density at radius 3 is 2.71 bits per heavy atom. The van der Waals surface area contributed by atoms with Crippen LogP contribution in [0.2, 0.25) is 0 Å². The van der Waals surface area contributed by atoms with Gasteiger partial charge in [0.1, 0.15) is 5.82 Å². The third kappa shape index (κ3) is 5.09. The van der Waals surface area contributed by atoms with Gasteiger partial charge in [0.2, 0.25) is 0 Å². The number of rotatable bonds is 4. The van der Waals surface area contributed by atoms with Crippen molar-refractivity contribution in [3.05, 3.63) is 24.4 Å². The fourth-order valence-corrected chi connectivity index (χ4v) is 2.93. The summed E-state index contributed by atoms with van der Waals surface area (Å²) in [5.41, 5.74) is -0.00338. The Morgan fingerprint density at radius 1 is 1.29 bits per heavy atom. The molecule has 0 aliphatic carbocycles. The van der Waals surface area contributed by atoms with Crippen LogP contribution in [0.4, 0.5) is 10.6 Å². The summed E-state index contributed by atoms with van der Waals surface area (Å²) in [6.07, 6.45) is 2.75. The minimum atomic E-state index is -0.0100. The van der Waals surface area contributed by atoms with Crippen molar-refractivity contribution in [2.45, 2.75) is 33.3 Å². The van der Waals surface area contributed by atoms with Crippen LogP contribution >= 0.6 is 0 Å². The molecule has 1 aliphatic heterocycles. The van der Waals surface area contributed by atoms with Gasteiger partial charge in [0.15, 0.2) is 0 Å². The molecule has 0 radical (unpaired) electrons. The highest BCUT2D eigenvalue weighted by Crippen LogP contribution is 2.21. The Bertz CT molecular complexity index is 516. The van der Waals surface area contributed by atoms with E-state index in [-0.39, 0.29) is 17.6 Å². The first kappa shape index (κ1) is 18.5. The van der Waals surface area contributed by atoms with Crippen molar-refractivity contribution in [3.8, 4) is 0 Å². The van der Waals surface area contributed by atoms with Gasteiger partial charge >= 0.3 is 6.03 Å². The summed E-state index contributed by atoms with van der Waals surface area (Å²) in [6.45, 7) is 10.1. The van der Waals surface area contributed by atoms with E-state index in [1.54, 1.807) is 7.11 Å². The number of aromatic nitrogens is 1. The zero-order chi connectivity index (χ0) is 17.6. The average molecular weight is 334 g/mol. The lowest BCUT2D eigenvalue weighted by molar-refractivity contribution is 0.0186. The first-order valence-electron chi connectivity index (χ1n) is 8.63. The van der Waals surface area contributed by atoms with E-state index in [0.29, 0.717) is 13.1 Å². The van der Waals surface area contributed by atoms with Crippen LogP contribution in [0.5, 0.6) is 0 Å². The molecule has 6 heteroatoms. The van der Waals surface area contributed by atoms with Crippen molar-refractivity contribution in [3.63, 3.8) is 0 Å². The molecule has 1 aromatic rings. The van der Waals surface area contributed by atoms with E-state index in [4.69, 9.17) is 4.74 Å². The number of hydrogen-bond acceptors (Lipinski definition) is 4. The lowest BCUT2D eigenvalue weighted by Crippen LogP contribution is -2.47. The van der Waals surface area contributed by atoms with Gasteiger partial charge in [-0.15, -0.1) is 0 Å². The van der Waals surface area contributed by atoms with Gasteiger partial charge < -0.3 is 19.9 Å². The summed E-state index contributed by atoms with van der Waals surface area (Å²) in [7, 11) is 1.69. The summed E-state index contributed by atoms with van der Waals surface area (Å²) in [5.74, 6) is 0.979.